The van der Waals surface area contributed by atoms with Gasteiger partial charge in [-0.2, -0.15) is 9.06 Å². The molecule has 1 saturated heterocycles. The van der Waals surface area contributed by atoms with Gasteiger partial charge in [0.1, 0.15) is 5.75 Å². The van der Waals surface area contributed by atoms with E-state index in [0.717, 1.165) is 35.8 Å². The summed E-state index contributed by atoms with van der Waals surface area (Å²) in [5.41, 5.74) is 1.29. The number of likely N-dealkylation sites (tertiary alicyclic amines) is 1. The fraction of sp³-hybridized carbons (Fsp3) is 0.250. The second kappa shape index (κ2) is 8.36. The van der Waals surface area contributed by atoms with Crippen LogP contribution in [0.3, 0.4) is 0 Å². The number of hydrogen-bond donors (Lipinski definition) is 0. The van der Waals surface area contributed by atoms with E-state index in [2.05, 4.69) is 15.1 Å². The van der Waals surface area contributed by atoms with Gasteiger partial charge in [-0.15, -0.1) is 5.10 Å². The van der Waals surface area contributed by atoms with Gasteiger partial charge >= 0.3 is 0 Å². The van der Waals surface area contributed by atoms with Gasteiger partial charge in [0.05, 0.1) is 18.4 Å². The van der Waals surface area contributed by atoms with Crippen molar-refractivity contribution in [2.75, 3.05) is 20.2 Å². The Labute approximate surface area is 171 Å². The minimum absolute atomic E-state index is 0.185. The van der Waals surface area contributed by atoms with E-state index in [1.54, 1.807) is 34.4 Å². The summed E-state index contributed by atoms with van der Waals surface area (Å²) < 4.78 is 7.06. The molecule has 0 spiro atoms. The SMILES string of the molecule is COc1ccc(-n2nc(C(=O)N3CCCC3)c(=NC(=O)c3cccnc3)s2)cc1. The van der Waals surface area contributed by atoms with E-state index in [1.165, 1.54) is 6.20 Å². The molecule has 2 amide bonds. The third-order valence-electron chi connectivity index (χ3n) is 4.57. The fourth-order valence-corrected chi connectivity index (χ4v) is 3.87. The molecular formula is C20H19N5O3S. The van der Waals surface area contributed by atoms with Crippen LogP contribution in [0.15, 0.2) is 53.8 Å². The van der Waals surface area contributed by atoms with Crippen LogP contribution < -0.4 is 9.41 Å². The largest absolute Gasteiger partial charge is 0.497 e. The molecule has 1 fully saturated rings. The van der Waals surface area contributed by atoms with Crippen molar-refractivity contribution in [2.24, 2.45) is 4.99 Å². The number of pyridine rings is 1. The molecule has 9 heteroatoms. The van der Waals surface area contributed by atoms with Crippen molar-refractivity contribution in [3.8, 4) is 11.4 Å². The van der Waals surface area contributed by atoms with Crippen molar-refractivity contribution in [1.82, 2.24) is 19.1 Å². The molecule has 0 atom stereocenters. The monoisotopic (exact) mass is 409 g/mol. The van der Waals surface area contributed by atoms with E-state index in [-0.39, 0.29) is 16.3 Å². The second-order valence-corrected chi connectivity index (χ2v) is 7.39. The first-order chi connectivity index (χ1) is 14.2. The molecule has 0 unspecified atom stereocenters. The highest BCUT2D eigenvalue weighted by molar-refractivity contribution is 7.04. The lowest BCUT2D eigenvalue weighted by atomic mass is 10.3. The smallest absolute Gasteiger partial charge is 0.280 e. The minimum atomic E-state index is -0.459. The Balaban J connectivity index is 1.76. The van der Waals surface area contributed by atoms with Crippen molar-refractivity contribution in [3.05, 3.63) is 64.7 Å². The summed E-state index contributed by atoms with van der Waals surface area (Å²) in [7, 11) is 1.60. The Morgan fingerprint density at radius 2 is 1.90 bits per heavy atom. The molecule has 148 valence electrons. The van der Waals surface area contributed by atoms with Crippen LogP contribution in [-0.2, 0) is 0 Å². The molecule has 0 radical (unpaired) electrons. The van der Waals surface area contributed by atoms with Gasteiger partial charge in [0.25, 0.3) is 11.8 Å². The molecule has 0 bridgehead atoms. The lowest BCUT2D eigenvalue weighted by Gasteiger charge is -2.12. The number of hydrogen-bond acceptors (Lipinski definition) is 6. The van der Waals surface area contributed by atoms with Gasteiger partial charge in [-0.05, 0) is 60.8 Å². The van der Waals surface area contributed by atoms with Crippen LogP contribution in [0, 0.1) is 0 Å². The maximum Gasteiger partial charge on any atom is 0.280 e. The molecule has 0 N–H and O–H groups in total. The molecule has 8 nitrogen and oxygen atoms in total. The zero-order valence-corrected chi connectivity index (χ0v) is 16.6. The van der Waals surface area contributed by atoms with Crippen LogP contribution in [0.25, 0.3) is 5.69 Å². The molecule has 1 aliphatic rings. The number of ether oxygens (including phenoxy) is 1. The minimum Gasteiger partial charge on any atom is -0.497 e. The Morgan fingerprint density at radius 3 is 2.55 bits per heavy atom. The van der Waals surface area contributed by atoms with Gasteiger partial charge in [-0.25, -0.2) is 0 Å². The predicted molar refractivity (Wildman–Crippen MR) is 107 cm³/mol. The average Bonchev–Trinajstić information content (AvgIpc) is 3.44. The van der Waals surface area contributed by atoms with Gasteiger partial charge < -0.3 is 9.64 Å². The van der Waals surface area contributed by atoms with Crippen LogP contribution in [0.1, 0.15) is 33.7 Å². The summed E-state index contributed by atoms with van der Waals surface area (Å²) in [4.78, 5) is 35.4. The molecule has 4 rings (SSSR count). The van der Waals surface area contributed by atoms with Crippen molar-refractivity contribution in [3.63, 3.8) is 0 Å². The standard InChI is InChI=1S/C20H19N5O3S/c1-28-16-8-6-15(7-9-16)25-23-17(20(27)24-11-2-3-12-24)19(29-25)22-18(26)14-5-4-10-21-13-14/h4-10,13H,2-3,11-12H2,1H3. The molecule has 1 aliphatic heterocycles. The molecule has 0 saturated carbocycles. The first kappa shape index (κ1) is 19.0. The number of amides is 2. The molecule has 3 aromatic rings. The summed E-state index contributed by atoms with van der Waals surface area (Å²) in [6.45, 7) is 1.38. The van der Waals surface area contributed by atoms with Gasteiger partial charge in [0, 0.05) is 25.5 Å². The third-order valence-corrected chi connectivity index (χ3v) is 5.49. The van der Waals surface area contributed by atoms with Crippen molar-refractivity contribution in [1.29, 1.82) is 0 Å². The molecule has 0 aliphatic carbocycles. The summed E-state index contributed by atoms with van der Waals surface area (Å²) in [5, 5.41) is 4.47. The normalized spacial score (nSPS) is 14.2. The van der Waals surface area contributed by atoms with E-state index >= 15 is 0 Å². The average molecular weight is 409 g/mol. The van der Waals surface area contributed by atoms with E-state index in [0.29, 0.717) is 18.7 Å². The molecule has 29 heavy (non-hydrogen) atoms. The highest BCUT2D eigenvalue weighted by atomic mass is 32.1. The summed E-state index contributed by atoms with van der Waals surface area (Å²) in [6, 6.07) is 10.6. The predicted octanol–water partition coefficient (Wildman–Crippen LogP) is 2.31. The zero-order chi connectivity index (χ0) is 20.2. The summed E-state index contributed by atoms with van der Waals surface area (Å²) >= 11 is 1.15. The van der Waals surface area contributed by atoms with Crippen molar-refractivity contribution in [2.45, 2.75) is 12.8 Å². The van der Waals surface area contributed by atoms with Crippen LogP contribution in [-0.4, -0.2) is 51.1 Å². The Morgan fingerprint density at radius 1 is 1.14 bits per heavy atom. The molecule has 3 heterocycles. The maximum absolute atomic E-state index is 13.0. The van der Waals surface area contributed by atoms with Gasteiger partial charge in [0.2, 0.25) is 0 Å². The van der Waals surface area contributed by atoms with Crippen molar-refractivity contribution < 1.29 is 14.3 Å². The first-order valence-corrected chi connectivity index (χ1v) is 9.96. The molecule has 2 aromatic heterocycles. The Bertz CT molecular complexity index is 1080. The second-order valence-electron chi connectivity index (χ2n) is 6.47. The first-order valence-electron chi connectivity index (χ1n) is 9.19. The molecular weight excluding hydrogens is 390 g/mol. The van der Waals surface area contributed by atoms with Crippen LogP contribution >= 0.6 is 11.5 Å². The maximum atomic E-state index is 13.0. The van der Waals surface area contributed by atoms with Gasteiger partial charge in [-0.3, -0.25) is 14.6 Å². The summed E-state index contributed by atoms with van der Waals surface area (Å²) in [5.74, 6) is 0.0544. The highest BCUT2D eigenvalue weighted by Crippen LogP contribution is 2.17. The number of nitrogens with zero attached hydrogens (tertiary/aromatic N) is 5. The molecule has 1 aromatic carbocycles. The van der Waals surface area contributed by atoms with Gasteiger partial charge in [-0.1, -0.05) is 0 Å². The van der Waals surface area contributed by atoms with E-state index in [1.807, 2.05) is 24.3 Å². The fourth-order valence-electron chi connectivity index (χ4n) is 3.02. The van der Waals surface area contributed by atoms with E-state index in [4.69, 9.17) is 4.74 Å². The summed E-state index contributed by atoms with van der Waals surface area (Å²) in [6.07, 6.45) is 4.97. The zero-order valence-electron chi connectivity index (χ0n) is 15.8. The number of aromatic nitrogens is 3. The van der Waals surface area contributed by atoms with Gasteiger partial charge in [0.15, 0.2) is 10.4 Å². The quantitative estimate of drug-likeness (QED) is 0.660. The highest BCUT2D eigenvalue weighted by Gasteiger charge is 2.25. The number of benzene rings is 1. The van der Waals surface area contributed by atoms with E-state index in [9.17, 15) is 9.59 Å². The Kier molecular flexibility index (Phi) is 5.48. The van der Waals surface area contributed by atoms with Crippen molar-refractivity contribution >= 4 is 23.3 Å². The lowest BCUT2D eigenvalue weighted by molar-refractivity contribution is 0.0785. The van der Waals surface area contributed by atoms with Crippen LogP contribution in [0.4, 0.5) is 0 Å². The van der Waals surface area contributed by atoms with E-state index < -0.39 is 5.91 Å². The number of carbonyl (C=O) groups excluding carboxylic acids is 2. The number of methoxy groups -OCH3 is 1. The lowest BCUT2D eigenvalue weighted by Crippen LogP contribution is -2.31. The number of carbonyl (C=O) groups is 2. The number of rotatable bonds is 4. The van der Waals surface area contributed by atoms with Crippen LogP contribution in [0.5, 0.6) is 5.75 Å². The topological polar surface area (TPSA) is 89.7 Å². The Hall–Kier alpha value is -3.33. The van der Waals surface area contributed by atoms with Crippen LogP contribution in [0.2, 0.25) is 0 Å². The third kappa shape index (κ3) is 4.09.